The van der Waals surface area contributed by atoms with Crippen molar-refractivity contribution in [2.75, 3.05) is 0 Å². The second-order valence-electron chi connectivity index (χ2n) is 3.17. The number of hydrogen-bond donors (Lipinski definition) is 1. The van der Waals surface area contributed by atoms with Crippen molar-refractivity contribution in [3.63, 3.8) is 0 Å². The summed E-state index contributed by atoms with van der Waals surface area (Å²) in [5.74, 6) is 0.315. The van der Waals surface area contributed by atoms with Crippen LogP contribution in [0, 0.1) is 0 Å². The minimum Gasteiger partial charge on any atom is -0.437 e. The van der Waals surface area contributed by atoms with Gasteiger partial charge in [0, 0.05) is 5.56 Å². The molecule has 1 heterocycles. The van der Waals surface area contributed by atoms with Crippen molar-refractivity contribution in [3.05, 3.63) is 47.4 Å². The number of nitrogens with zero attached hydrogens (tertiary/aromatic N) is 2. The number of primary amides is 1. The molecule has 0 saturated carbocycles. The van der Waals surface area contributed by atoms with Crippen LogP contribution in [0.5, 0.6) is 11.6 Å². The van der Waals surface area contributed by atoms with Crippen LogP contribution < -0.4 is 10.5 Å². The van der Waals surface area contributed by atoms with E-state index in [0.717, 1.165) is 0 Å². The highest BCUT2D eigenvalue weighted by atomic mass is 35.5. The number of rotatable bonds is 3. The van der Waals surface area contributed by atoms with Gasteiger partial charge in [-0.3, -0.25) is 9.78 Å². The highest BCUT2D eigenvalue weighted by Gasteiger charge is 2.02. The van der Waals surface area contributed by atoms with E-state index in [1.807, 2.05) is 0 Å². The van der Waals surface area contributed by atoms with E-state index in [-0.39, 0.29) is 11.0 Å². The summed E-state index contributed by atoms with van der Waals surface area (Å²) in [7, 11) is 0. The molecule has 86 valence electrons. The molecular weight excluding hydrogens is 242 g/mol. The van der Waals surface area contributed by atoms with E-state index in [1.165, 1.54) is 12.4 Å². The summed E-state index contributed by atoms with van der Waals surface area (Å²) in [4.78, 5) is 18.6. The number of amides is 1. The van der Waals surface area contributed by atoms with Crippen molar-refractivity contribution in [1.29, 1.82) is 0 Å². The Morgan fingerprint density at radius 2 is 1.94 bits per heavy atom. The topological polar surface area (TPSA) is 78.1 Å². The van der Waals surface area contributed by atoms with E-state index in [4.69, 9.17) is 22.1 Å². The minimum absolute atomic E-state index is 0.247. The molecule has 17 heavy (non-hydrogen) atoms. The Bertz CT molecular complexity index is 543. The van der Waals surface area contributed by atoms with Crippen molar-refractivity contribution in [2.24, 2.45) is 5.73 Å². The van der Waals surface area contributed by atoms with Gasteiger partial charge in [-0.1, -0.05) is 11.6 Å². The van der Waals surface area contributed by atoms with Gasteiger partial charge in [-0.05, 0) is 24.3 Å². The zero-order valence-electron chi connectivity index (χ0n) is 8.63. The molecule has 0 unspecified atom stereocenters. The standard InChI is InChI=1S/C11H8ClN3O2/c12-9-5-14-6-10(15-9)17-8-3-1-7(2-4-8)11(13)16/h1-6H,(H2,13,16). The minimum atomic E-state index is -0.487. The summed E-state index contributed by atoms with van der Waals surface area (Å²) in [5.41, 5.74) is 5.53. The lowest BCUT2D eigenvalue weighted by Crippen LogP contribution is -2.10. The molecule has 6 heteroatoms. The molecule has 0 atom stereocenters. The zero-order valence-corrected chi connectivity index (χ0v) is 9.39. The summed E-state index contributed by atoms with van der Waals surface area (Å²) in [6, 6.07) is 6.36. The SMILES string of the molecule is NC(=O)c1ccc(Oc2cncc(Cl)n2)cc1. The van der Waals surface area contributed by atoms with Gasteiger partial charge >= 0.3 is 0 Å². The van der Waals surface area contributed by atoms with Gasteiger partial charge < -0.3 is 10.5 Å². The van der Waals surface area contributed by atoms with Crippen molar-refractivity contribution < 1.29 is 9.53 Å². The number of halogens is 1. The first-order valence-electron chi connectivity index (χ1n) is 4.70. The number of hydrogen-bond acceptors (Lipinski definition) is 4. The van der Waals surface area contributed by atoms with Crippen LogP contribution in [0.1, 0.15) is 10.4 Å². The first kappa shape index (κ1) is 11.3. The molecule has 2 rings (SSSR count). The first-order valence-corrected chi connectivity index (χ1v) is 5.08. The highest BCUT2D eigenvalue weighted by molar-refractivity contribution is 6.29. The average Bonchev–Trinajstić information content (AvgIpc) is 2.29. The molecule has 0 radical (unpaired) electrons. The number of ether oxygens (including phenoxy) is 1. The van der Waals surface area contributed by atoms with Gasteiger partial charge in [0.2, 0.25) is 11.8 Å². The largest absolute Gasteiger partial charge is 0.437 e. The Morgan fingerprint density at radius 1 is 1.24 bits per heavy atom. The Labute approximate surface area is 102 Å². The second-order valence-corrected chi connectivity index (χ2v) is 3.56. The van der Waals surface area contributed by atoms with E-state index in [2.05, 4.69) is 9.97 Å². The summed E-state index contributed by atoms with van der Waals surface area (Å²) in [5, 5.41) is 0.247. The molecule has 0 bridgehead atoms. The fraction of sp³-hybridized carbons (Fsp3) is 0. The molecule has 0 aliphatic heterocycles. The van der Waals surface area contributed by atoms with Crippen LogP contribution in [0.4, 0.5) is 0 Å². The monoisotopic (exact) mass is 249 g/mol. The lowest BCUT2D eigenvalue weighted by atomic mass is 10.2. The average molecular weight is 250 g/mol. The third-order valence-electron chi connectivity index (χ3n) is 1.94. The fourth-order valence-electron chi connectivity index (χ4n) is 1.18. The van der Waals surface area contributed by atoms with Gasteiger partial charge in [0.1, 0.15) is 5.75 Å². The molecular formula is C11H8ClN3O2. The van der Waals surface area contributed by atoms with Crippen LogP contribution in [0.15, 0.2) is 36.7 Å². The van der Waals surface area contributed by atoms with E-state index in [9.17, 15) is 4.79 Å². The van der Waals surface area contributed by atoms with E-state index >= 15 is 0 Å². The summed E-state index contributed by atoms with van der Waals surface area (Å²) < 4.78 is 5.38. The Morgan fingerprint density at radius 3 is 2.53 bits per heavy atom. The van der Waals surface area contributed by atoms with Crippen molar-refractivity contribution in [1.82, 2.24) is 9.97 Å². The van der Waals surface area contributed by atoms with Crippen molar-refractivity contribution in [3.8, 4) is 11.6 Å². The first-order chi connectivity index (χ1) is 8.15. The number of benzene rings is 1. The normalized spacial score (nSPS) is 9.94. The summed E-state index contributed by atoms with van der Waals surface area (Å²) in [6.07, 6.45) is 2.85. The van der Waals surface area contributed by atoms with Crippen LogP contribution in [0.25, 0.3) is 0 Å². The van der Waals surface area contributed by atoms with Crippen LogP contribution >= 0.6 is 11.6 Å². The van der Waals surface area contributed by atoms with Crippen molar-refractivity contribution in [2.45, 2.75) is 0 Å². The molecule has 0 fully saturated rings. The number of carbonyl (C=O) groups excluding carboxylic acids is 1. The van der Waals surface area contributed by atoms with Gasteiger partial charge in [-0.25, -0.2) is 0 Å². The molecule has 0 aliphatic carbocycles. The maximum absolute atomic E-state index is 10.9. The van der Waals surface area contributed by atoms with E-state index in [0.29, 0.717) is 11.3 Å². The number of aromatic nitrogens is 2. The number of nitrogens with two attached hydrogens (primary N) is 1. The molecule has 1 aromatic heterocycles. The summed E-state index contributed by atoms with van der Waals surface area (Å²) in [6.45, 7) is 0. The van der Waals surface area contributed by atoms with Gasteiger partial charge in [0.15, 0.2) is 5.15 Å². The zero-order chi connectivity index (χ0) is 12.3. The molecule has 0 saturated heterocycles. The molecule has 0 aliphatic rings. The quantitative estimate of drug-likeness (QED) is 0.903. The lowest BCUT2D eigenvalue weighted by Gasteiger charge is -2.04. The number of carbonyl (C=O) groups is 1. The van der Waals surface area contributed by atoms with Gasteiger partial charge in [0.25, 0.3) is 0 Å². The molecule has 2 aromatic rings. The molecule has 0 spiro atoms. The van der Waals surface area contributed by atoms with Gasteiger partial charge in [-0.2, -0.15) is 4.98 Å². The maximum Gasteiger partial charge on any atom is 0.248 e. The third-order valence-corrected chi connectivity index (χ3v) is 2.13. The Hall–Kier alpha value is -2.14. The van der Waals surface area contributed by atoms with Crippen molar-refractivity contribution >= 4 is 17.5 Å². The Kier molecular flexibility index (Phi) is 3.20. The van der Waals surface area contributed by atoms with Crippen LogP contribution in [-0.2, 0) is 0 Å². The van der Waals surface area contributed by atoms with E-state index in [1.54, 1.807) is 24.3 Å². The van der Waals surface area contributed by atoms with Crippen LogP contribution in [0.3, 0.4) is 0 Å². The van der Waals surface area contributed by atoms with E-state index < -0.39 is 5.91 Å². The molecule has 1 aromatic carbocycles. The summed E-state index contributed by atoms with van der Waals surface area (Å²) >= 11 is 5.66. The predicted octanol–water partition coefficient (Wildman–Crippen LogP) is 2.02. The Balaban J connectivity index is 2.16. The highest BCUT2D eigenvalue weighted by Crippen LogP contribution is 2.20. The van der Waals surface area contributed by atoms with Crippen LogP contribution in [-0.4, -0.2) is 15.9 Å². The molecule has 1 amide bonds. The smallest absolute Gasteiger partial charge is 0.248 e. The molecule has 5 nitrogen and oxygen atoms in total. The second kappa shape index (κ2) is 4.80. The maximum atomic E-state index is 10.9. The third kappa shape index (κ3) is 2.92. The van der Waals surface area contributed by atoms with Crippen LogP contribution in [0.2, 0.25) is 5.15 Å². The van der Waals surface area contributed by atoms with Gasteiger partial charge in [-0.15, -0.1) is 0 Å². The predicted molar refractivity (Wildman–Crippen MR) is 62.1 cm³/mol. The lowest BCUT2D eigenvalue weighted by molar-refractivity contribution is 0.100. The fourth-order valence-corrected chi connectivity index (χ4v) is 1.32. The van der Waals surface area contributed by atoms with Gasteiger partial charge in [0.05, 0.1) is 12.4 Å². The molecule has 2 N–H and O–H groups in total.